The molecule has 1 aliphatic rings. The smallest absolute Gasteiger partial charge is 0.376 e. The van der Waals surface area contributed by atoms with Gasteiger partial charge in [-0.15, -0.1) is 0 Å². The number of aliphatic hydroxyl groups is 1. The van der Waals surface area contributed by atoms with Crippen molar-refractivity contribution in [2.75, 3.05) is 77.6 Å². The average Bonchev–Trinajstić information content (AvgIpc) is 0.806. The second-order valence-corrected chi connectivity index (χ2v) is 48.4. The fourth-order valence-corrected chi connectivity index (χ4v) is 9.43. The van der Waals surface area contributed by atoms with Crippen LogP contribution in [-0.4, -0.2) is 317 Å². The molecule has 1 fully saturated rings. The van der Waals surface area contributed by atoms with E-state index >= 15 is 0 Å². The first-order chi connectivity index (χ1) is 58.4. The average molecular weight is 2320 g/mol. The third-order valence-corrected chi connectivity index (χ3v) is 25.5. The lowest BCUT2D eigenvalue weighted by Gasteiger charge is -2.25. The molecule has 0 bridgehead atoms. The van der Waals surface area contributed by atoms with Crippen LogP contribution < -0.4 is 0 Å². The summed E-state index contributed by atoms with van der Waals surface area (Å²) in [6, 6.07) is 0. The molecule has 0 saturated heterocycles. The molecular formula is C52H79Cl3F18O49S12-8. The van der Waals surface area contributed by atoms with Crippen LogP contribution in [0, 0.1) is 17.3 Å². The molecule has 0 aromatic rings. The van der Waals surface area contributed by atoms with Gasteiger partial charge in [0, 0.05) is 33.3 Å². The highest BCUT2D eigenvalue weighted by molar-refractivity contribution is 7.93. The summed E-state index contributed by atoms with van der Waals surface area (Å²) in [6.07, 6.45) is 4.08. The number of ether oxygens (including phenoxy) is 6. The zero-order chi connectivity index (χ0) is 110. The van der Waals surface area contributed by atoms with Crippen molar-refractivity contribution < 1.29 is 296 Å². The van der Waals surface area contributed by atoms with Gasteiger partial charge in [0.1, 0.15) is 32.2 Å². The number of hydrogen-bond acceptors (Lipinski definition) is 48. The number of carbonyl (C=O) groups is 6. The van der Waals surface area contributed by atoms with E-state index in [0.717, 1.165) is 40.5 Å². The molecule has 0 aromatic carbocycles. The van der Waals surface area contributed by atoms with Gasteiger partial charge in [0.05, 0.1) is 23.3 Å². The molecule has 82 heteroatoms. The van der Waals surface area contributed by atoms with E-state index in [1.54, 1.807) is 34.6 Å². The number of carbonyl (C=O) groups excluding carboxylic acids is 6. The molecule has 1 saturated carbocycles. The van der Waals surface area contributed by atoms with Crippen LogP contribution in [0.2, 0.25) is 0 Å². The first-order valence-corrected chi connectivity index (χ1v) is 52.1. The zero-order valence-corrected chi connectivity index (χ0v) is 80.8. The number of unbranched alkanes of at least 4 members (excludes halogenated alkanes) is 1. The highest BCUT2D eigenvalue weighted by atomic mass is 35.6. The highest BCUT2D eigenvalue weighted by Crippen LogP contribution is 2.36. The van der Waals surface area contributed by atoms with E-state index in [0.29, 0.717) is 32.1 Å². The molecule has 1 aliphatic carbocycles. The summed E-state index contributed by atoms with van der Waals surface area (Å²) in [5.74, 6) is -11.9. The largest absolute Gasteiger partial charge is 0.743 e. The summed E-state index contributed by atoms with van der Waals surface area (Å²) in [5, 5.41) is -29.8. The predicted octanol–water partition coefficient (Wildman–Crippen LogP) is 2.82. The van der Waals surface area contributed by atoms with Gasteiger partial charge in [-0.25, -0.2) is 72.1 Å². The molecule has 134 heavy (non-hydrogen) atoms. The van der Waals surface area contributed by atoms with Crippen LogP contribution in [0.1, 0.15) is 133 Å². The van der Waals surface area contributed by atoms with Gasteiger partial charge in [0.25, 0.3) is 30.4 Å². The number of esters is 6. The van der Waals surface area contributed by atoms with Crippen molar-refractivity contribution in [2.24, 2.45) is 17.3 Å². The maximum absolute atomic E-state index is 12.5. The zero-order valence-electron chi connectivity index (χ0n) is 68.7. The van der Waals surface area contributed by atoms with Crippen LogP contribution in [0.15, 0.2) is 0 Å². The summed E-state index contributed by atoms with van der Waals surface area (Å²) in [6.45, 7) is -2.87. The Balaban J connectivity index is -0.000000222. The molecule has 0 radical (unpaired) electrons. The van der Waals surface area contributed by atoms with E-state index in [9.17, 15) is 245 Å². The monoisotopic (exact) mass is 2320 g/mol. The second kappa shape index (κ2) is 56.8. The molecule has 0 aromatic heterocycles. The summed E-state index contributed by atoms with van der Waals surface area (Å²) in [7, 11) is -64.7. The van der Waals surface area contributed by atoms with Crippen LogP contribution in [0.3, 0.4) is 0 Å². The van der Waals surface area contributed by atoms with Gasteiger partial charge < -0.3 is 69.9 Å². The second-order valence-electron chi connectivity index (χ2n) is 26.0. The summed E-state index contributed by atoms with van der Waals surface area (Å²) >= 11 is 14.4. The minimum absolute atomic E-state index is 0.0686. The Hall–Kier alpha value is -4.69. The van der Waals surface area contributed by atoms with Gasteiger partial charge in [-0.1, -0.05) is 75.8 Å². The van der Waals surface area contributed by atoms with Crippen molar-refractivity contribution >= 4 is 192 Å². The Morgan fingerprint density at radius 1 is 0.396 bits per heavy atom. The van der Waals surface area contributed by atoms with Gasteiger partial charge in [-0.05, 0) is 70.6 Å². The van der Waals surface area contributed by atoms with Crippen molar-refractivity contribution in [3.63, 3.8) is 0 Å². The summed E-state index contributed by atoms with van der Waals surface area (Å²) in [5.41, 5.74) is -0.470. The van der Waals surface area contributed by atoms with Crippen molar-refractivity contribution in [3.05, 3.63) is 0 Å². The van der Waals surface area contributed by atoms with Gasteiger partial charge in [-0.3, -0.25) is 41.1 Å². The van der Waals surface area contributed by atoms with Gasteiger partial charge in [-0.2, -0.15) is 113 Å². The summed E-state index contributed by atoms with van der Waals surface area (Å²) in [4.78, 5) is 64.0. The minimum Gasteiger partial charge on any atom is -0.743 e. The first kappa shape index (κ1) is 145. The van der Waals surface area contributed by atoms with Gasteiger partial charge in [0.15, 0.2) is 114 Å². The number of aliphatic hydroxyl groups excluding tert-OH is 1. The maximum atomic E-state index is 12.5. The van der Waals surface area contributed by atoms with Gasteiger partial charge >= 0.3 is 97.0 Å². The fourth-order valence-electron chi connectivity index (χ4n) is 5.37. The fraction of sp³-hybridized carbons (Fsp3) is 0.885. The third kappa shape index (κ3) is 64.6. The van der Waals surface area contributed by atoms with Crippen molar-refractivity contribution in [1.29, 1.82) is 0 Å². The van der Waals surface area contributed by atoms with Crippen molar-refractivity contribution in [3.8, 4) is 0 Å². The molecule has 0 aliphatic heterocycles. The molecule has 0 atom stereocenters. The lowest BCUT2D eigenvalue weighted by Crippen LogP contribution is -2.37. The van der Waals surface area contributed by atoms with E-state index in [-0.39, 0.29) is 51.2 Å². The highest BCUT2D eigenvalue weighted by Gasteiger charge is 2.48. The molecule has 2 N–H and O–H groups in total. The Bertz CT molecular complexity index is 5210. The number of alkyl halides is 21. The van der Waals surface area contributed by atoms with Gasteiger partial charge in [0.2, 0.25) is 0 Å². The van der Waals surface area contributed by atoms with E-state index in [4.69, 9.17) is 49.2 Å². The standard InChI is InChI=1S/C10H18O6S.C8H14F2O5S.C7H12F2O5S.C6H10F2O5S.C5H6F4O5S.C5H10F2O6S2.C4H8F2O6S2.C4H6F2O5S.C3H3Cl3F2O6S2/c11-7-8-1-3-9(4-2-8)10(12)16-5-6-17(13,14)15;1-7(2,3)4-6(11)15-5-8(9,10)16(12,13)14;1-2-3-4-6(10)14-5-7(8,9)15(11,12)13;1-2-3-5(9)13-4-6(7,8)14(10,11)12;1-4(6,7)3(10)14-2-5(8,9)15(11,12)13;1-4(2)14(8,9)13-3-5(6,7)15(10,11)12;1-2-13(7,8)12-3-4(5,6)14(9,10)11;1-3(7)11-2-4(5,6)12(8,9)10;4-3(5,6)16(12,13)14-1-2(7,8)15(9,10)11/h8-9,11H,1-7H2,(H,13,14,15);4-5H2,1-3H3,(H,12,13,14);2-5H2,1H3,(H,11,12,13);2-4H2,1H3,(H,10,11,12);2H2,1H3,(H,11,12,13);4H,3H2,1-2H3,(H,10,11,12);2-3H2,1H3,(H,9,10,11);2H2,1H3,(H,8,9,10);1H2,(H,9,10,11)/p-8. The maximum Gasteiger partial charge on any atom is 0.376 e. The number of rotatable bonds is 41. The molecule has 808 valence electrons. The third-order valence-electron chi connectivity index (χ3n) is 12.6. The van der Waals surface area contributed by atoms with Crippen LogP contribution in [0.5, 0.6) is 0 Å². The van der Waals surface area contributed by atoms with Crippen LogP contribution in [-0.2, 0) is 191 Å². The lowest BCUT2D eigenvalue weighted by atomic mass is 9.82. The Morgan fingerprint density at radius 3 is 0.933 bits per heavy atom. The first-order valence-electron chi connectivity index (χ1n) is 33.6. The molecule has 0 unspecified atom stereocenters. The molecule has 0 heterocycles. The van der Waals surface area contributed by atoms with Crippen LogP contribution in [0.25, 0.3) is 0 Å². The molecule has 1 rings (SSSR count). The van der Waals surface area contributed by atoms with E-state index < -0.39 is 283 Å². The predicted molar refractivity (Wildman–Crippen MR) is 397 cm³/mol. The van der Waals surface area contributed by atoms with Crippen molar-refractivity contribution in [1.82, 2.24) is 0 Å². The molecule has 0 spiro atoms. The summed E-state index contributed by atoms with van der Waals surface area (Å²) < 4.78 is 585. The number of hydrogen-bond donors (Lipinski definition) is 2. The molecular weight excluding hydrogens is 2240 g/mol. The molecule has 0 amide bonds. The lowest BCUT2D eigenvalue weighted by molar-refractivity contribution is -0.174. The number of halogens is 21. The normalized spacial score (nSPS) is 15.2. The van der Waals surface area contributed by atoms with Crippen molar-refractivity contribution in [2.45, 2.75) is 190 Å². The quantitative estimate of drug-likeness (QED) is 0.0222. The topological polar surface area (TPSA) is 820 Å². The Morgan fingerprint density at radius 2 is 0.679 bits per heavy atom. The Kier molecular flexibility index (Phi) is 61.3. The molecule has 49 nitrogen and oxygen atoms in total. The minimum atomic E-state index is -6.07. The van der Waals surface area contributed by atoms with Crippen LogP contribution in [0.4, 0.5) is 79.0 Å². The van der Waals surface area contributed by atoms with E-state index in [1.165, 1.54) is 0 Å². The Labute approximate surface area is 767 Å². The van der Waals surface area contributed by atoms with E-state index in [1.807, 2.05) is 0 Å². The van der Waals surface area contributed by atoms with Crippen LogP contribution >= 0.6 is 34.8 Å². The van der Waals surface area contributed by atoms with E-state index in [2.05, 4.69) is 36.2 Å². The SMILES string of the molecule is CC(=O)OCC(F)(F)S(=O)(=O)[O-].CC(C)(C)CC(=O)OCC(F)(F)S(=O)(=O)[O-].CC(C)S(=O)(=O)OCC(F)(F)S(=O)(=O)[O-].CC(F)(F)C(=O)OCC(F)(F)S(=O)(=O)[O-].CCCC(=O)OCC(F)(F)S(=O)(=O)[O-].CCCCC(=O)OCC(F)(F)S(=O)(=O)[O-].CCS(=O)(=O)OCC(F)(F)S(=O)(=O)[O-].O=C(OCCS(=O)(=O)O)C1CCC(CO)CC1.O=S(=O)([O-])C(F)(F)COS(=O)(=O)C(Cl)(Cl)Cl.